The quantitative estimate of drug-likeness (QED) is 0.646. The molecule has 2 rings (SSSR count). The predicted molar refractivity (Wildman–Crippen MR) is 87.4 cm³/mol. The van der Waals surface area contributed by atoms with Gasteiger partial charge in [0, 0.05) is 25.0 Å². The van der Waals surface area contributed by atoms with Gasteiger partial charge in [0.05, 0.1) is 6.54 Å². The molecule has 0 spiro atoms. The van der Waals surface area contributed by atoms with Crippen molar-refractivity contribution in [2.24, 2.45) is 10.9 Å². The molecule has 1 aliphatic heterocycles. The Morgan fingerprint density at radius 2 is 2.40 bits per heavy atom. The summed E-state index contributed by atoms with van der Waals surface area (Å²) in [5.41, 5.74) is 0. The Morgan fingerprint density at radius 1 is 1.50 bits per heavy atom. The van der Waals surface area contributed by atoms with Crippen LogP contribution in [0.2, 0.25) is 0 Å². The number of thiophene rings is 1. The number of hydrogen-bond donors (Lipinski definition) is 2. The molecule has 0 saturated carbocycles. The summed E-state index contributed by atoms with van der Waals surface area (Å²) in [4.78, 5) is 8.17. The van der Waals surface area contributed by atoms with Gasteiger partial charge in [-0.2, -0.15) is 0 Å². The van der Waals surface area contributed by atoms with Gasteiger partial charge in [-0.25, -0.2) is 0 Å². The van der Waals surface area contributed by atoms with Crippen molar-refractivity contribution in [1.29, 1.82) is 0 Å². The van der Waals surface area contributed by atoms with E-state index in [1.54, 1.807) is 11.3 Å². The molecule has 1 aromatic rings. The molecule has 1 atom stereocenters. The van der Waals surface area contributed by atoms with Crippen molar-refractivity contribution in [3.05, 3.63) is 22.4 Å². The zero-order valence-corrected chi connectivity index (χ0v) is 13.4. The Balaban J connectivity index is 1.70. The van der Waals surface area contributed by atoms with Crippen LogP contribution in [0.25, 0.3) is 0 Å². The van der Waals surface area contributed by atoms with Gasteiger partial charge < -0.3 is 15.5 Å². The van der Waals surface area contributed by atoms with Crippen LogP contribution in [-0.4, -0.2) is 44.1 Å². The number of nitrogens with one attached hydrogen (secondary N) is 2. The van der Waals surface area contributed by atoms with Gasteiger partial charge in [0.2, 0.25) is 0 Å². The molecule has 0 aromatic carbocycles. The van der Waals surface area contributed by atoms with Crippen LogP contribution in [0.4, 0.5) is 0 Å². The van der Waals surface area contributed by atoms with Gasteiger partial charge in [-0.15, -0.1) is 11.3 Å². The SMILES string of the molecule is CCN1CCCC(CNC(=NC)NCc2cccs2)C1. The van der Waals surface area contributed by atoms with Crippen LogP contribution in [-0.2, 0) is 6.54 Å². The van der Waals surface area contributed by atoms with Crippen LogP contribution in [0.1, 0.15) is 24.6 Å². The van der Waals surface area contributed by atoms with E-state index in [9.17, 15) is 0 Å². The molecule has 20 heavy (non-hydrogen) atoms. The second-order valence-electron chi connectivity index (χ2n) is 5.29. The number of hydrogen-bond acceptors (Lipinski definition) is 3. The van der Waals surface area contributed by atoms with Gasteiger partial charge in [-0.3, -0.25) is 4.99 Å². The topological polar surface area (TPSA) is 39.7 Å². The smallest absolute Gasteiger partial charge is 0.191 e. The van der Waals surface area contributed by atoms with E-state index in [1.165, 1.54) is 37.4 Å². The van der Waals surface area contributed by atoms with E-state index in [1.807, 2.05) is 7.05 Å². The van der Waals surface area contributed by atoms with Gasteiger partial charge >= 0.3 is 0 Å². The Hall–Kier alpha value is -1.07. The summed E-state index contributed by atoms with van der Waals surface area (Å²) in [7, 11) is 1.84. The maximum Gasteiger partial charge on any atom is 0.191 e. The molecule has 0 bridgehead atoms. The van der Waals surface area contributed by atoms with Crippen molar-refractivity contribution in [3.8, 4) is 0 Å². The van der Waals surface area contributed by atoms with E-state index < -0.39 is 0 Å². The molecule has 1 unspecified atom stereocenters. The summed E-state index contributed by atoms with van der Waals surface area (Å²) in [5.74, 6) is 1.65. The molecule has 1 aromatic heterocycles. The summed E-state index contributed by atoms with van der Waals surface area (Å²) >= 11 is 1.77. The molecule has 1 fully saturated rings. The summed E-state index contributed by atoms with van der Waals surface area (Å²) < 4.78 is 0. The van der Waals surface area contributed by atoms with Gasteiger partial charge in [-0.1, -0.05) is 13.0 Å². The highest BCUT2D eigenvalue weighted by atomic mass is 32.1. The average Bonchev–Trinajstić information content (AvgIpc) is 3.01. The number of rotatable bonds is 5. The minimum Gasteiger partial charge on any atom is -0.356 e. The van der Waals surface area contributed by atoms with E-state index in [-0.39, 0.29) is 0 Å². The molecule has 0 amide bonds. The van der Waals surface area contributed by atoms with Crippen molar-refractivity contribution < 1.29 is 0 Å². The van der Waals surface area contributed by atoms with Gasteiger partial charge in [0.15, 0.2) is 5.96 Å². The molecule has 2 heterocycles. The summed E-state index contributed by atoms with van der Waals surface area (Å²) in [6.45, 7) is 7.76. The first-order chi connectivity index (χ1) is 9.81. The van der Waals surface area contributed by atoms with Gasteiger partial charge in [0.1, 0.15) is 0 Å². The molecule has 0 radical (unpaired) electrons. The first kappa shape index (κ1) is 15.3. The lowest BCUT2D eigenvalue weighted by Gasteiger charge is -2.32. The van der Waals surface area contributed by atoms with E-state index in [0.29, 0.717) is 0 Å². The Morgan fingerprint density at radius 3 is 3.10 bits per heavy atom. The van der Waals surface area contributed by atoms with E-state index >= 15 is 0 Å². The third-order valence-corrected chi connectivity index (χ3v) is 4.72. The highest BCUT2D eigenvalue weighted by Crippen LogP contribution is 2.15. The monoisotopic (exact) mass is 294 g/mol. The first-order valence-corrected chi connectivity index (χ1v) is 8.39. The maximum atomic E-state index is 4.30. The van der Waals surface area contributed by atoms with E-state index in [0.717, 1.165) is 25.0 Å². The Labute approximate surface area is 126 Å². The summed E-state index contributed by atoms with van der Waals surface area (Å²) in [6.07, 6.45) is 2.65. The Kier molecular flexibility index (Phi) is 6.33. The fourth-order valence-electron chi connectivity index (χ4n) is 2.65. The first-order valence-electron chi connectivity index (χ1n) is 7.51. The summed E-state index contributed by atoms with van der Waals surface area (Å²) in [6, 6.07) is 4.23. The third kappa shape index (κ3) is 4.80. The molecule has 1 aliphatic rings. The van der Waals surface area contributed by atoms with Gasteiger partial charge in [0.25, 0.3) is 0 Å². The van der Waals surface area contributed by atoms with E-state index in [4.69, 9.17) is 0 Å². The molecule has 0 aliphatic carbocycles. The van der Waals surface area contributed by atoms with Crippen molar-refractivity contribution in [2.45, 2.75) is 26.3 Å². The highest BCUT2D eigenvalue weighted by Gasteiger charge is 2.18. The minimum atomic E-state index is 0.740. The van der Waals surface area contributed by atoms with Crippen LogP contribution >= 0.6 is 11.3 Å². The van der Waals surface area contributed by atoms with Crippen LogP contribution in [0, 0.1) is 5.92 Å². The molecule has 5 heteroatoms. The third-order valence-electron chi connectivity index (χ3n) is 3.84. The standard InChI is InChI=1S/C15H26N4S/c1-3-19-8-4-6-13(12-19)10-17-15(16-2)18-11-14-7-5-9-20-14/h5,7,9,13H,3-4,6,8,10-12H2,1-2H3,(H2,16,17,18). The van der Waals surface area contributed by atoms with Gasteiger partial charge in [-0.05, 0) is 43.3 Å². The molecule has 112 valence electrons. The Bertz CT molecular complexity index is 402. The largest absolute Gasteiger partial charge is 0.356 e. The molecular weight excluding hydrogens is 268 g/mol. The zero-order chi connectivity index (χ0) is 14.2. The van der Waals surface area contributed by atoms with Crippen molar-refractivity contribution in [1.82, 2.24) is 15.5 Å². The lowest BCUT2D eigenvalue weighted by atomic mass is 9.98. The van der Waals surface area contributed by atoms with Crippen molar-refractivity contribution >= 4 is 17.3 Å². The fraction of sp³-hybridized carbons (Fsp3) is 0.667. The van der Waals surface area contributed by atoms with Crippen LogP contribution in [0.3, 0.4) is 0 Å². The molecule has 4 nitrogen and oxygen atoms in total. The van der Waals surface area contributed by atoms with Crippen LogP contribution in [0.15, 0.2) is 22.5 Å². The minimum absolute atomic E-state index is 0.740. The normalized spacial score (nSPS) is 20.9. The second kappa shape index (κ2) is 8.27. The summed E-state index contributed by atoms with van der Waals surface area (Å²) in [5, 5.41) is 8.94. The number of piperidine rings is 1. The lowest BCUT2D eigenvalue weighted by molar-refractivity contribution is 0.183. The lowest BCUT2D eigenvalue weighted by Crippen LogP contribution is -2.44. The number of nitrogens with zero attached hydrogens (tertiary/aromatic N) is 2. The molecule has 2 N–H and O–H groups in total. The van der Waals surface area contributed by atoms with Crippen molar-refractivity contribution in [2.75, 3.05) is 33.2 Å². The van der Waals surface area contributed by atoms with E-state index in [2.05, 4.69) is 45.0 Å². The average molecular weight is 294 g/mol. The number of likely N-dealkylation sites (tertiary alicyclic amines) is 1. The van der Waals surface area contributed by atoms with Crippen molar-refractivity contribution in [3.63, 3.8) is 0 Å². The fourth-order valence-corrected chi connectivity index (χ4v) is 3.30. The molecule has 1 saturated heterocycles. The second-order valence-corrected chi connectivity index (χ2v) is 6.32. The van der Waals surface area contributed by atoms with Crippen LogP contribution < -0.4 is 10.6 Å². The maximum absolute atomic E-state index is 4.30. The zero-order valence-electron chi connectivity index (χ0n) is 12.6. The number of guanidine groups is 1. The highest BCUT2D eigenvalue weighted by molar-refractivity contribution is 7.09. The van der Waals surface area contributed by atoms with Crippen LogP contribution in [0.5, 0.6) is 0 Å². The predicted octanol–water partition coefficient (Wildman–Crippen LogP) is 2.14. The number of aliphatic imine (C=N–C) groups is 1. The molecular formula is C15H26N4S.